The quantitative estimate of drug-likeness (QED) is 0.934. The fourth-order valence-electron chi connectivity index (χ4n) is 1.81. The maximum atomic E-state index is 12.1. The number of anilines is 1. The molecule has 2 rings (SSSR count). The van der Waals surface area contributed by atoms with Gasteiger partial charge in [-0.15, -0.1) is 0 Å². The third-order valence-corrected chi connectivity index (χ3v) is 3.89. The molecule has 0 saturated carbocycles. The van der Waals surface area contributed by atoms with Crippen LogP contribution in [0.3, 0.4) is 0 Å². The molecule has 106 valence electrons. The predicted octanol–water partition coefficient (Wildman–Crippen LogP) is 1.95. The molecule has 0 unspecified atom stereocenters. The van der Waals surface area contributed by atoms with Crippen molar-refractivity contribution in [1.82, 2.24) is 5.16 Å². The second kappa shape index (κ2) is 5.09. The van der Waals surface area contributed by atoms with Crippen LogP contribution in [0.4, 0.5) is 5.69 Å². The molecule has 1 aromatic heterocycles. The standard InChI is InChI=1S/C13H14N2O4S/c1-8-12(9(2)19-15-8)13(16)14-10-5-4-6-11(7-10)20(3,17)18/h4-7H,1-3H3,(H,14,16). The van der Waals surface area contributed by atoms with Gasteiger partial charge in [0.1, 0.15) is 11.3 Å². The number of carbonyl (C=O) groups is 1. The van der Waals surface area contributed by atoms with E-state index in [9.17, 15) is 13.2 Å². The number of hydrogen-bond donors (Lipinski definition) is 1. The summed E-state index contributed by atoms with van der Waals surface area (Å²) in [6, 6.07) is 6.07. The molecule has 1 N–H and O–H groups in total. The van der Waals surface area contributed by atoms with Crippen molar-refractivity contribution in [3.63, 3.8) is 0 Å². The molecule has 2 aromatic rings. The molecule has 0 aliphatic carbocycles. The number of sulfone groups is 1. The zero-order chi connectivity index (χ0) is 14.9. The van der Waals surface area contributed by atoms with Crippen LogP contribution >= 0.6 is 0 Å². The minimum absolute atomic E-state index is 0.147. The molecule has 0 aliphatic heterocycles. The van der Waals surface area contributed by atoms with Crippen molar-refractivity contribution >= 4 is 21.4 Å². The van der Waals surface area contributed by atoms with E-state index in [1.165, 1.54) is 12.1 Å². The molecule has 6 nitrogen and oxygen atoms in total. The number of aromatic nitrogens is 1. The summed E-state index contributed by atoms with van der Waals surface area (Å²) in [6.07, 6.45) is 1.11. The van der Waals surface area contributed by atoms with E-state index in [-0.39, 0.29) is 10.8 Å². The highest BCUT2D eigenvalue weighted by molar-refractivity contribution is 7.90. The number of nitrogens with zero attached hydrogens (tertiary/aromatic N) is 1. The molecule has 1 aromatic carbocycles. The Morgan fingerprint density at radius 3 is 2.55 bits per heavy atom. The van der Waals surface area contributed by atoms with Gasteiger partial charge in [-0.1, -0.05) is 11.2 Å². The van der Waals surface area contributed by atoms with Crippen molar-refractivity contribution in [2.45, 2.75) is 18.7 Å². The van der Waals surface area contributed by atoms with Gasteiger partial charge in [-0.2, -0.15) is 0 Å². The van der Waals surface area contributed by atoms with Gasteiger partial charge < -0.3 is 9.84 Å². The van der Waals surface area contributed by atoms with Crippen molar-refractivity contribution < 1.29 is 17.7 Å². The SMILES string of the molecule is Cc1noc(C)c1C(=O)Nc1cccc(S(C)(=O)=O)c1. The normalized spacial score (nSPS) is 11.3. The monoisotopic (exact) mass is 294 g/mol. The first kappa shape index (κ1) is 14.3. The summed E-state index contributed by atoms with van der Waals surface area (Å²) in [4.78, 5) is 12.3. The average molecular weight is 294 g/mol. The highest BCUT2D eigenvalue weighted by atomic mass is 32.2. The zero-order valence-corrected chi connectivity index (χ0v) is 12.1. The Morgan fingerprint density at radius 2 is 2.00 bits per heavy atom. The van der Waals surface area contributed by atoms with E-state index in [0.717, 1.165) is 6.26 Å². The van der Waals surface area contributed by atoms with Gasteiger partial charge in [0.05, 0.1) is 10.6 Å². The number of carbonyl (C=O) groups excluding carboxylic acids is 1. The molecule has 0 spiro atoms. The number of hydrogen-bond acceptors (Lipinski definition) is 5. The average Bonchev–Trinajstić information content (AvgIpc) is 2.68. The molecule has 1 amide bonds. The van der Waals surface area contributed by atoms with Crippen molar-refractivity contribution in [1.29, 1.82) is 0 Å². The largest absolute Gasteiger partial charge is 0.361 e. The van der Waals surface area contributed by atoms with Crippen LogP contribution in [0.15, 0.2) is 33.7 Å². The van der Waals surface area contributed by atoms with Crippen LogP contribution in [0, 0.1) is 13.8 Å². The van der Waals surface area contributed by atoms with Gasteiger partial charge in [0.2, 0.25) is 0 Å². The van der Waals surface area contributed by atoms with Gasteiger partial charge in [0.25, 0.3) is 5.91 Å². The maximum absolute atomic E-state index is 12.1. The summed E-state index contributed by atoms with van der Waals surface area (Å²) in [7, 11) is -3.31. The molecular formula is C13H14N2O4S. The van der Waals surface area contributed by atoms with Crippen LogP contribution in [0.25, 0.3) is 0 Å². The fraction of sp³-hybridized carbons (Fsp3) is 0.231. The molecule has 0 atom stereocenters. The Balaban J connectivity index is 2.29. The van der Waals surface area contributed by atoms with Crippen LogP contribution in [0.2, 0.25) is 0 Å². The van der Waals surface area contributed by atoms with E-state index in [1.54, 1.807) is 26.0 Å². The summed E-state index contributed by atoms with van der Waals surface area (Å²) < 4.78 is 27.9. The highest BCUT2D eigenvalue weighted by Crippen LogP contribution is 2.18. The van der Waals surface area contributed by atoms with Crippen LogP contribution in [-0.2, 0) is 9.84 Å². The van der Waals surface area contributed by atoms with Crippen LogP contribution in [0.5, 0.6) is 0 Å². The fourth-order valence-corrected chi connectivity index (χ4v) is 2.47. The first-order valence-electron chi connectivity index (χ1n) is 5.83. The van der Waals surface area contributed by atoms with Gasteiger partial charge in [-0.3, -0.25) is 4.79 Å². The molecule has 0 radical (unpaired) electrons. The molecule has 20 heavy (non-hydrogen) atoms. The lowest BCUT2D eigenvalue weighted by atomic mass is 10.2. The van der Waals surface area contributed by atoms with Crippen molar-refractivity contribution in [2.75, 3.05) is 11.6 Å². The second-order valence-electron chi connectivity index (χ2n) is 4.45. The molecule has 0 saturated heterocycles. The number of nitrogens with one attached hydrogen (secondary N) is 1. The Hall–Kier alpha value is -2.15. The Morgan fingerprint density at radius 1 is 1.30 bits per heavy atom. The first-order valence-corrected chi connectivity index (χ1v) is 7.72. The number of aryl methyl sites for hydroxylation is 2. The van der Waals surface area contributed by atoms with Crippen LogP contribution in [-0.4, -0.2) is 25.7 Å². The van der Waals surface area contributed by atoms with Gasteiger partial charge in [0.15, 0.2) is 9.84 Å². The van der Waals surface area contributed by atoms with Gasteiger partial charge in [-0.05, 0) is 32.0 Å². The van der Waals surface area contributed by atoms with E-state index in [0.29, 0.717) is 22.7 Å². The molecule has 1 heterocycles. The zero-order valence-electron chi connectivity index (χ0n) is 11.3. The van der Waals surface area contributed by atoms with Crippen molar-refractivity contribution in [3.8, 4) is 0 Å². The topological polar surface area (TPSA) is 89.3 Å². The number of rotatable bonds is 3. The maximum Gasteiger partial charge on any atom is 0.261 e. The third-order valence-electron chi connectivity index (χ3n) is 2.78. The van der Waals surface area contributed by atoms with Gasteiger partial charge >= 0.3 is 0 Å². The van der Waals surface area contributed by atoms with Crippen LogP contribution < -0.4 is 5.32 Å². The van der Waals surface area contributed by atoms with Crippen molar-refractivity contribution in [3.05, 3.63) is 41.3 Å². The summed E-state index contributed by atoms with van der Waals surface area (Å²) >= 11 is 0. The lowest BCUT2D eigenvalue weighted by Crippen LogP contribution is -2.14. The molecular weight excluding hydrogens is 280 g/mol. The molecule has 7 heteroatoms. The summed E-state index contributed by atoms with van der Waals surface area (Å²) in [5.41, 5.74) is 1.24. The minimum Gasteiger partial charge on any atom is -0.361 e. The van der Waals surface area contributed by atoms with Crippen LogP contribution in [0.1, 0.15) is 21.8 Å². The highest BCUT2D eigenvalue weighted by Gasteiger charge is 2.18. The Bertz CT molecular complexity index is 743. The Kier molecular flexibility index (Phi) is 3.63. The van der Waals surface area contributed by atoms with E-state index in [2.05, 4.69) is 10.5 Å². The smallest absolute Gasteiger partial charge is 0.261 e. The minimum atomic E-state index is -3.31. The van der Waals surface area contributed by atoms with Gasteiger partial charge in [-0.25, -0.2) is 8.42 Å². The van der Waals surface area contributed by atoms with E-state index < -0.39 is 9.84 Å². The summed E-state index contributed by atoms with van der Waals surface area (Å²) in [6.45, 7) is 3.31. The lowest BCUT2D eigenvalue weighted by Gasteiger charge is -2.06. The Labute approximate surface area is 116 Å². The van der Waals surface area contributed by atoms with E-state index in [4.69, 9.17) is 4.52 Å². The lowest BCUT2D eigenvalue weighted by molar-refractivity contribution is 0.102. The number of amides is 1. The predicted molar refractivity (Wildman–Crippen MR) is 73.5 cm³/mol. The summed E-state index contributed by atoms with van der Waals surface area (Å²) in [5.74, 6) is 0.0335. The van der Waals surface area contributed by atoms with E-state index >= 15 is 0 Å². The first-order chi connectivity index (χ1) is 9.29. The summed E-state index contributed by atoms with van der Waals surface area (Å²) in [5, 5.41) is 6.34. The second-order valence-corrected chi connectivity index (χ2v) is 6.47. The molecule has 0 fully saturated rings. The number of benzene rings is 1. The molecule has 0 aliphatic rings. The third kappa shape index (κ3) is 2.88. The van der Waals surface area contributed by atoms with Crippen molar-refractivity contribution in [2.24, 2.45) is 0 Å². The van der Waals surface area contributed by atoms with Gasteiger partial charge in [0, 0.05) is 11.9 Å². The molecule has 0 bridgehead atoms. The van der Waals surface area contributed by atoms with E-state index in [1.807, 2.05) is 0 Å².